The lowest BCUT2D eigenvalue weighted by Gasteiger charge is -2.06. The molecule has 0 saturated carbocycles. The predicted molar refractivity (Wildman–Crippen MR) is 62.0 cm³/mol. The number of aromatic nitrogens is 2. The van der Waals surface area contributed by atoms with Crippen LogP contribution in [0.25, 0.3) is 10.9 Å². The minimum atomic E-state index is 0.705. The van der Waals surface area contributed by atoms with E-state index in [2.05, 4.69) is 15.3 Å². The third-order valence-corrected chi connectivity index (χ3v) is 2.43. The number of hydrogen-bond acceptors (Lipinski definition) is 3. The van der Waals surface area contributed by atoms with Gasteiger partial charge in [0, 0.05) is 17.0 Å². The van der Waals surface area contributed by atoms with Crippen molar-refractivity contribution in [3.05, 3.63) is 34.7 Å². The summed E-state index contributed by atoms with van der Waals surface area (Å²) >= 11 is 5.92. The molecule has 0 saturated heterocycles. The molecule has 4 heteroatoms. The Kier molecular flexibility index (Phi) is 2.84. The SMILES string of the molecule is CNCc1nc(C)nc2cc(Cl)ccc12. The molecule has 1 N–H and O–H groups in total. The van der Waals surface area contributed by atoms with Crippen molar-refractivity contribution in [1.29, 1.82) is 0 Å². The summed E-state index contributed by atoms with van der Waals surface area (Å²) in [6.07, 6.45) is 0. The summed E-state index contributed by atoms with van der Waals surface area (Å²) in [6.45, 7) is 2.63. The first-order valence-electron chi connectivity index (χ1n) is 4.78. The molecule has 1 aromatic carbocycles. The Morgan fingerprint density at radius 2 is 2.13 bits per heavy atom. The van der Waals surface area contributed by atoms with Gasteiger partial charge in [-0.1, -0.05) is 11.6 Å². The molecule has 0 aliphatic carbocycles. The van der Waals surface area contributed by atoms with Crippen molar-refractivity contribution >= 4 is 22.5 Å². The van der Waals surface area contributed by atoms with Crippen molar-refractivity contribution in [2.24, 2.45) is 0 Å². The molecule has 78 valence electrons. The van der Waals surface area contributed by atoms with Gasteiger partial charge in [-0.15, -0.1) is 0 Å². The van der Waals surface area contributed by atoms with E-state index in [1.165, 1.54) is 0 Å². The lowest BCUT2D eigenvalue weighted by molar-refractivity contribution is 0.789. The first-order valence-corrected chi connectivity index (χ1v) is 5.16. The number of nitrogens with one attached hydrogen (secondary N) is 1. The highest BCUT2D eigenvalue weighted by Crippen LogP contribution is 2.20. The third kappa shape index (κ3) is 2.08. The quantitative estimate of drug-likeness (QED) is 0.846. The van der Waals surface area contributed by atoms with Gasteiger partial charge in [-0.2, -0.15) is 0 Å². The maximum Gasteiger partial charge on any atom is 0.126 e. The molecular weight excluding hydrogens is 210 g/mol. The Bertz CT molecular complexity index is 491. The molecule has 3 nitrogen and oxygen atoms in total. The fourth-order valence-electron chi connectivity index (χ4n) is 1.60. The minimum absolute atomic E-state index is 0.705. The number of nitrogens with zero attached hydrogens (tertiary/aromatic N) is 2. The second kappa shape index (κ2) is 4.13. The summed E-state index contributed by atoms with van der Waals surface area (Å²) < 4.78 is 0. The molecule has 2 aromatic rings. The first-order chi connectivity index (χ1) is 7.20. The second-order valence-electron chi connectivity index (χ2n) is 3.41. The van der Waals surface area contributed by atoms with Crippen LogP contribution in [-0.2, 0) is 6.54 Å². The lowest BCUT2D eigenvalue weighted by Crippen LogP contribution is -2.09. The van der Waals surface area contributed by atoms with Crippen molar-refractivity contribution in [3.63, 3.8) is 0 Å². The van der Waals surface area contributed by atoms with Gasteiger partial charge in [0.2, 0.25) is 0 Å². The number of hydrogen-bond donors (Lipinski definition) is 1. The fraction of sp³-hybridized carbons (Fsp3) is 0.273. The van der Waals surface area contributed by atoms with Gasteiger partial charge in [0.25, 0.3) is 0 Å². The summed E-state index contributed by atoms with van der Waals surface area (Å²) in [4.78, 5) is 8.76. The highest BCUT2D eigenvalue weighted by molar-refractivity contribution is 6.31. The lowest BCUT2D eigenvalue weighted by atomic mass is 10.2. The van der Waals surface area contributed by atoms with Gasteiger partial charge in [0.15, 0.2) is 0 Å². The van der Waals surface area contributed by atoms with Crippen LogP contribution in [0.5, 0.6) is 0 Å². The Morgan fingerprint density at radius 3 is 2.87 bits per heavy atom. The number of benzene rings is 1. The zero-order chi connectivity index (χ0) is 10.8. The molecule has 2 rings (SSSR count). The van der Waals surface area contributed by atoms with Crippen LogP contribution in [0.4, 0.5) is 0 Å². The molecule has 1 heterocycles. The average Bonchev–Trinajstić information content (AvgIpc) is 2.17. The molecule has 0 aliphatic heterocycles. The van der Waals surface area contributed by atoms with Crippen molar-refractivity contribution < 1.29 is 0 Å². The topological polar surface area (TPSA) is 37.8 Å². The third-order valence-electron chi connectivity index (χ3n) is 2.19. The van der Waals surface area contributed by atoms with Gasteiger partial charge in [-0.3, -0.25) is 0 Å². The Hall–Kier alpha value is -1.19. The second-order valence-corrected chi connectivity index (χ2v) is 3.85. The van der Waals surface area contributed by atoms with Gasteiger partial charge in [-0.25, -0.2) is 9.97 Å². The fourth-order valence-corrected chi connectivity index (χ4v) is 1.76. The monoisotopic (exact) mass is 221 g/mol. The maximum atomic E-state index is 5.92. The number of rotatable bonds is 2. The summed E-state index contributed by atoms with van der Waals surface area (Å²) in [5.74, 6) is 0.773. The average molecular weight is 222 g/mol. The molecular formula is C11H12ClN3. The van der Waals surface area contributed by atoms with E-state index in [-0.39, 0.29) is 0 Å². The highest BCUT2D eigenvalue weighted by atomic mass is 35.5. The molecule has 0 atom stereocenters. The van der Waals surface area contributed by atoms with E-state index in [1.54, 1.807) is 0 Å². The van der Waals surface area contributed by atoms with Crippen molar-refractivity contribution in [2.45, 2.75) is 13.5 Å². The zero-order valence-corrected chi connectivity index (χ0v) is 9.47. The van der Waals surface area contributed by atoms with Gasteiger partial charge < -0.3 is 5.32 Å². The van der Waals surface area contributed by atoms with Crippen LogP contribution in [0.1, 0.15) is 11.5 Å². The smallest absolute Gasteiger partial charge is 0.126 e. The van der Waals surface area contributed by atoms with E-state index in [1.807, 2.05) is 32.2 Å². The summed E-state index contributed by atoms with van der Waals surface area (Å²) in [6, 6.07) is 5.69. The largest absolute Gasteiger partial charge is 0.314 e. The van der Waals surface area contributed by atoms with Gasteiger partial charge in [0.1, 0.15) is 5.82 Å². The zero-order valence-electron chi connectivity index (χ0n) is 8.71. The molecule has 0 spiro atoms. The van der Waals surface area contributed by atoms with E-state index in [4.69, 9.17) is 11.6 Å². The number of fused-ring (bicyclic) bond motifs is 1. The van der Waals surface area contributed by atoms with Crippen LogP contribution in [0.3, 0.4) is 0 Å². The molecule has 1 aromatic heterocycles. The Morgan fingerprint density at radius 1 is 1.33 bits per heavy atom. The van der Waals surface area contributed by atoms with E-state index < -0.39 is 0 Å². The number of halogens is 1. The van der Waals surface area contributed by atoms with E-state index in [9.17, 15) is 0 Å². The van der Waals surface area contributed by atoms with Gasteiger partial charge in [0.05, 0.1) is 11.2 Å². The maximum absolute atomic E-state index is 5.92. The Balaban J connectivity index is 2.68. The Labute approximate surface area is 93.5 Å². The van der Waals surface area contributed by atoms with Crippen molar-refractivity contribution in [2.75, 3.05) is 7.05 Å². The van der Waals surface area contributed by atoms with E-state index >= 15 is 0 Å². The van der Waals surface area contributed by atoms with Gasteiger partial charge in [-0.05, 0) is 32.2 Å². The summed E-state index contributed by atoms with van der Waals surface area (Å²) in [7, 11) is 1.90. The highest BCUT2D eigenvalue weighted by Gasteiger charge is 2.05. The summed E-state index contributed by atoms with van der Waals surface area (Å²) in [5.41, 5.74) is 1.91. The summed E-state index contributed by atoms with van der Waals surface area (Å²) in [5, 5.41) is 4.85. The van der Waals surface area contributed by atoms with Crippen LogP contribution >= 0.6 is 11.6 Å². The van der Waals surface area contributed by atoms with Crippen molar-refractivity contribution in [1.82, 2.24) is 15.3 Å². The predicted octanol–water partition coefficient (Wildman–Crippen LogP) is 2.31. The molecule has 0 unspecified atom stereocenters. The van der Waals surface area contributed by atoms with Crippen molar-refractivity contribution in [3.8, 4) is 0 Å². The molecule has 0 aliphatic rings. The van der Waals surface area contributed by atoms with Gasteiger partial charge >= 0.3 is 0 Å². The standard InChI is InChI=1S/C11H12ClN3/c1-7-14-10-5-8(12)3-4-9(10)11(15-7)6-13-2/h3-5,13H,6H2,1-2H3. The van der Waals surface area contributed by atoms with Crippen LogP contribution in [0.2, 0.25) is 5.02 Å². The number of aryl methyl sites for hydroxylation is 1. The van der Waals surface area contributed by atoms with Crippen LogP contribution in [0.15, 0.2) is 18.2 Å². The van der Waals surface area contributed by atoms with E-state index in [0.29, 0.717) is 5.02 Å². The minimum Gasteiger partial charge on any atom is -0.314 e. The molecule has 0 bridgehead atoms. The van der Waals surface area contributed by atoms with E-state index in [0.717, 1.165) is 29.0 Å². The van der Waals surface area contributed by atoms with Crippen LogP contribution < -0.4 is 5.32 Å². The van der Waals surface area contributed by atoms with Crippen LogP contribution in [0, 0.1) is 6.92 Å². The molecule has 15 heavy (non-hydrogen) atoms. The van der Waals surface area contributed by atoms with Crippen LogP contribution in [-0.4, -0.2) is 17.0 Å². The first kappa shape index (κ1) is 10.3. The normalized spacial score (nSPS) is 10.9. The molecule has 0 amide bonds. The molecule has 0 fully saturated rings. The molecule has 0 radical (unpaired) electrons.